The minimum atomic E-state index is -1.14. The van der Waals surface area contributed by atoms with Gasteiger partial charge in [-0.1, -0.05) is 12.1 Å². The molecule has 26 heavy (non-hydrogen) atoms. The summed E-state index contributed by atoms with van der Waals surface area (Å²) in [6.07, 6.45) is 3.83. The fourth-order valence-corrected chi connectivity index (χ4v) is 2.77. The van der Waals surface area contributed by atoms with E-state index in [2.05, 4.69) is 25.4 Å². The summed E-state index contributed by atoms with van der Waals surface area (Å²) in [6.45, 7) is 1.48. The fraction of sp³-hybridized carbons (Fsp3) is 0.111. The third kappa shape index (κ3) is 3.01. The summed E-state index contributed by atoms with van der Waals surface area (Å²) >= 11 is 0. The average Bonchev–Trinajstić information content (AvgIpc) is 3.11. The van der Waals surface area contributed by atoms with E-state index in [4.69, 9.17) is 0 Å². The van der Waals surface area contributed by atoms with Crippen molar-refractivity contribution < 1.29 is 4.39 Å². The number of fused-ring (bicyclic) bond motifs is 1. The topological polar surface area (TPSA) is 68.0 Å². The molecule has 1 unspecified atom stereocenters. The van der Waals surface area contributed by atoms with Crippen molar-refractivity contribution in [3.05, 3.63) is 60.6 Å². The third-order valence-electron chi connectivity index (χ3n) is 4.04. The molecule has 1 N–H and O–H groups in total. The summed E-state index contributed by atoms with van der Waals surface area (Å²) in [5.74, 6) is 1.07. The Hall–Kier alpha value is -3.29. The van der Waals surface area contributed by atoms with E-state index in [1.807, 2.05) is 44.4 Å². The lowest BCUT2D eigenvalue weighted by molar-refractivity contribution is 0.374. The van der Waals surface area contributed by atoms with Crippen LogP contribution in [0, 0.1) is 0 Å². The number of rotatable bonds is 4. The van der Waals surface area contributed by atoms with Crippen molar-refractivity contribution in [3.63, 3.8) is 0 Å². The normalized spacial score (nSPS) is 12.2. The molecule has 4 heterocycles. The molecule has 0 aliphatic heterocycles. The summed E-state index contributed by atoms with van der Waals surface area (Å²) in [5, 5.41) is 7.75. The van der Waals surface area contributed by atoms with Gasteiger partial charge in [0, 0.05) is 29.8 Å². The van der Waals surface area contributed by atoms with Gasteiger partial charge in [-0.05, 0) is 36.8 Å². The van der Waals surface area contributed by atoms with Crippen LogP contribution >= 0.6 is 0 Å². The van der Waals surface area contributed by atoms with Gasteiger partial charge in [0.05, 0.1) is 0 Å². The van der Waals surface area contributed by atoms with Crippen molar-refractivity contribution in [2.24, 2.45) is 0 Å². The molecule has 0 bridgehead atoms. The van der Waals surface area contributed by atoms with Crippen LogP contribution < -0.4 is 10.9 Å². The Morgan fingerprint density at radius 1 is 1.15 bits per heavy atom. The van der Waals surface area contributed by atoms with Crippen molar-refractivity contribution in [1.82, 2.24) is 24.6 Å². The highest BCUT2D eigenvalue weighted by Gasteiger charge is 2.14. The smallest absolute Gasteiger partial charge is 0.200 e. The molecule has 8 heteroatoms. The average molecular weight is 346 g/mol. The van der Waals surface area contributed by atoms with Crippen LogP contribution in [0.2, 0.25) is 0 Å². The molecule has 0 aliphatic rings. The van der Waals surface area contributed by atoms with Gasteiger partial charge in [0.1, 0.15) is 17.4 Å². The molecule has 0 saturated heterocycles. The van der Waals surface area contributed by atoms with Crippen LogP contribution in [0.25, 0.3) is 17.0 Å². The molecule has 1 atom stereocenters. The molecular formula is C18H16BFN6. The molecule has 0 amide bonds. The fourth-order valence-electron chi connectivity index (χ4n) is 2.77. The van der Waals surface area contributed by atoms with Crippen LogP contribution in [0.3, 0.4) is 0 Å². The minimum absolute atomic E-state index is 0.478. The predicted octanol–water partition coefficient (Wildman–Crippen LogP) is 2.22. The molecule has 6 nitrogen and oxygen atoms in total. The highest BCUT2D eigenvalue weighted by Crippen LogP contribution is 2.28. The van der Waals surface area contributed by atoms with Crippen LogP contribution in [-0.2, 0) is 0 Å². The van der Waals surface area contributed by atoms with Crippen molar-refractivity contribution in [2.75, 3.05) is 5.32 Å². The van der Waals surface area contributed by atoms with Crippen molar-refractivity contribution in [3.8, 4) is 11.5 Å². The number of alkyl halides is 1. The van der Waals surface area contributed by atoms with Gasteiger partial charge in [0.25, 0.3) is 0 Å². The van der Waals surface area contributed by atoms with Crippen LogP contribution in [0.5, 0.6) is 0 Å². The predicted molar refractivity (Wildman–Crippen MR) is 101 cm³/mol. The molecule has 4 rings (SSSR count). The minimum Gasteiger partial charge on any atom is -0.338 e. The number of anilines is 2. The summed E-state index contributed by atoms with van der Waals surface area (Å²) < 4.78 is 15.6. The third-order valence-corrected chi connectivity index (χ3v) is 4.04. The zero-order valence-corrected chi connectivity index (χ0v) is 14.4. The Kier molecular flexibility index (Phi) is 4.08. The Balaban J connectivity index is 1.84. The number of nitrogens with one attached hydrogen (secondary N) is 1. The Bertz CT molecular complexity index is 1080. The quantitative estimate of drug-likeness (QED) is 0.574. The van der Waals surface area contributed by atoms with Gasteiger partial charge in [0.2, 0.25) is 5.82 Å². The van der Waals surface area contributed by atoms with Gasteiger partial charge in [-0.15, -0.1) is 5.10 Å². The summed E-state index contributed by atoms with van der Waals surface area (Å²) in [7, 11) is 1.92. The zero-order valence-electron chi connectivity index (χ0n) is 14.4. The Morgan fingerprint density at radius 2 is 2.04 bits per heavy atom. The second-order valence-electron chi connectivity index (χ2n) is 5.99. The van der Waals surface area contributed by atoms with E-state index in [1.165, 1.54) is 13.1 Å². The number of hydrogen-bond donors (Lipinski definition) is 1. The number of aromatic nitrogens is 5. The van der Waals surface area contributed by atoms with E-state index < -0.39 is 6.17 Å². The summed E-state index contributed by atoms with van der Waals surface area (Å²) in [4.78, 5) is 13.1. The Morgan fingerprint density at radius 3 is 2.85 bits per heavy atom. The first kappa shape index (κ1) is 16.2. The molecule has 128 valence electrons. The first-order valence-electron chi connectivity index (χ1n) is 8.26. The maximum atomic E-state index is 13.9. The number of halogens is 1. The van der Waals surface area contributed by atoms with Crippen molar-refractivity contribution >= 4 is 30.5 Å². The highest BCUT2D eigenvalue weighted by atomic mass is 19.1. The number of nitrogens with zero attached hydrogens (tertiary/aromatic N) is 5. The van der Waals surface area contributed by atoms with Gasteiger partial charge in [-0.2, -0.15) is 0 Å². The number of pyridine rings is 2. The van der Waals surface area contributed by atoms with Gasteiger partial charge in [-0.3, -0.25) is 9.97 Å². The molecule has 4 aromatic rings. The number of hydrogen-bond acceptors (Lipinski definition) is 5. The van der Waals surface area contributed by atoms with E-state index in [9.17, 15) is 4.39 Å². The first-order valence-corrected chi connectivity index (χ1v) is 8.26. The molecule has 0 fully saturated rings. The van der Waals surface area contributed by atoms with Gasteiger partial charge < -0.3 is 5.32 Å². The highest BCUT2D eigenvalue weighted by molar-refractivity contribution is 6.30. The maximum absolute atomic E-state index is 13.9. The summed E-state index contributed by atoms with van der Waals surface area (Å²) in [5.41, 5.74) is 3.45. The van der Waals surface area contributed by atoms with Crippen LogP contribution in [0.1, 0.15) is 18.7 Å². The molecule has 0 spiro atoms. The monoisotopic (exact) mass is 346 g/mol. The molecule has 0 aliphatic carbocycles. The van der Waals surface area contributed by atoms with E-state index in [0.717, 1.165) is 11.1 Å². The lowest BCUT2D eigenvalue weighted by Gasteiger charge is -2.13. The zero-order chi connectivity index (χ0) is 18.1. The van der Waals surface area contributed by atoms with Crippen LogP contribution in [-0.4, -0.2) is 32.4 Å². The molecular weight excluding hydrogens is 330 g/mol. The lowest BCUT2D eigenvalue weighted by atomic mass is 10.0. The van der Waals surface area contributed by atoms with Gasteiger partial charge in [0.15, 0.2) is 13.7 Å². The second kappa shape index (κ2) is 6.55. The van der Waals surface area contributed by atoms with Crippen molar-refractivity contribution in [2.45, 2.75) is 13.1 Å². The van der Waals surface area contributed by atoms with Gasteiger partial charge in [-0.25, -0.2) is 13.9 Å². The van der Waals surface area contributed by atoms with Gasteiger partial charge >= 0.3 is 0 Å². The SMILES string of the molecule is Bc1cccc(-c2nc(Nc3ccncc3C(C)F)c3cccn3n2)n1. The van der Waals surface area contributed by atoms with E-state index in [0.29, 0.717) is 28.6 Å². The lowest BCUT2D eigenvalue weighted by Crippen LogP contribution is -2.10. The summed E-state index contributed by atoms with van der Waals surface area (Å²) in [6, 6.07) is 11.2. The molecule has 4 aromatic heterocycles. The largest absolute Gasteiger partial charge is 0.338 e. The maximum Gasteiger partial charge on any atom is 0.200 e. The van der Waals surface area contributed by atoms with Crippen LogP contribution in [0.15, 0.2) is 55.0 Å². The second-order valence-corrected chi connectivity index (χ2v) is 5.99. The molecule has 0 saturated carbocycles. The Labute approximate surface area is 150 Å². The standard InChI is InChI=1S/C18H16BFN6/c1-11(20)12-10-21-8-7-13(12)23-18-15-5-3-9-26(15)25-17(24-18)14-4-2-6-16(19)22-14/h2-11H,19H2,1H3,(H,21,23,24,25). The van der Waals surface area contributed by atoms with E-state index in [1.54, 1.807) is 16.8 Å². The van der Waals surface area contributed by atoms with Crippen molar-refractivity contribution in [1.29, 1.82) is 0 Å². The molecule has 0 radical (unpaired) electrons. The van der Waals surface area contributed by atoms with Crippen LogP contribution in [0.4, 0.5) is 15.9 Å². The van der Waals surface area contributed by atoms with E-state index in [-0.39, 0.29) is 0 Å². The van der Waals surface area contributed by atoms with E-state index >= 15 is 0 Å². The molecule has 0 aromatic carbocycles. The first-order chi connectivity index (χ1) is 12.6.